The molecule has 21 heavy (non-hydrogen) atoms. The first-order valence-electron chi connectivity index (χ1n) is 7.29. The van der Waals surface area contributed by atoms with Gasteiger partial charge in [0.25, 0.3) is 0 Å². The fraction of sp³-hybridized carbons (Fsp3) is 0.647. The Labute approximate surface area is 128 Å². The van der Waals surface area contributed by atoms with Crippen molar-refractivity contribution in [2.24, 2.45) is 0 Å². The monoisotopic (exact) mass is 296 g/mol. The molecule has 4 nitrogen and oxygen atoms in total. The number of ether oxygens (including phenoxy) is 2. The normalized spacial score (nSPS) is 12.9. The molecule has 0 bridgehead atoms. The Morgan fingerprint density at radius 3 is 1.38 bits per heavy atom. The molecule has 0 atom stereocenters. The van der Waals surface area contributed by atoms with Gasteiger partial charge in [-0.15, -0.1) is 0 Å². The van der Waals surface area contributed by atoms with Crippen LogP contribution in [0.25, 0.3) is 0 Å². The molecule has 0 rings (SSSR count). The van der Waals surface area contributed by atoms with E-state index in [1.807, 2.05) is 41.5 Å². The summed E-state index contributed by atoms with van der Waals surface area (Å²) >= 11 is 0. The zero-order valence-corrected chi connectivity index (χ0v) is 14.1. The van der Waals surface area contributed by atoms with Crippen molar-refractivity contribution < 1.29 is 19.1 Å². The second-order valence-electron chi connectivity index (χ2n) is 6.80. The third-order valence-corrected chi connectivity index (χ3v) is 2.06. The Bertz CT molecular complexity index is 354. The van der Waals surface area contributed by atoms with Crippen molar-refractivity contribution in [2.75, 3.05) is 0 Å². The Balaban J connectivity index is 3.82. The molecule has 0 aliphatic heterocycles. The first-order valence-corrected chi connectivity index (χ1v) is 7.29. The van der Waals surface area contributed by atoms with Gasteiger partial charge in [-0.25, -0.2) is 9.59 Å². The smallest absolute Gasteiger partial charge is 0.330 e. The summed E-state index contributed by atoms with van der Waals surface area (Å²) in [5, 5.41) is 0. The maximum absolute atomic E-state index is 11.4. The van der Waals surface area contributed by atoms with Crippen LogP contribution in [0.1, 0.15) is 60.8 Å². The van der Waals surface area contributed by atoms with Gasteiger partial charge in [-0.1, -0.05) is 12.2 Å². The summed E-state index contributed by atoms with van der Waals surface area (Å²) in [4.78, 5) is 22.8. The molecule has 0 amide bonds. The first kappa shape index (κ1) is 19.4. The zero-order valence-electron chi connectivity index (χ0n) is 14.1. The van der Waals surface area contributed by atoms with Crippen molar-refractivity contribution in [3.63, 3.8) is 0 Å². The summed E-state index contributed by atoms with van der Waals surface area (Å²) in [6.07, 6.45) is 8.85. The molecular formula is C17H28O4. The maximum atomic E-state index is 11.4. The molecule has 4 heteroatoms. The lowest BCUT2D eigenvalue weighted by atomic mass is 10.2. The van der Waals surface area contributed by atoms with Crippen molar-refractivity contribution in [2.45, 2.75) is 72.0 Å². The summed E-state index contributed by atoms with van der Waals surface area (Å²) in [6, 6.07) is 0. The summed E-state index contributed by atoms with van der Waals surface area (Å²) in [6.45, 7) is 11.0. The minimum atomic E-state index is -0.461. The lowest BCUT2D eigenvalue weighted by molar-refractivity contribution is -0.149. The van der Waals surface area contributed by atoms with Crippen molar-refractivity contribution in [1.82, 2.24) is 0 Å². The second kappa shape index (κ2) is 8.65. The van der Waals surface area contributed by atoms with E-state index < -0.39 is 11.2 Å². The van der Waals surface area contributed by atoms with Gasteiger partial charge >= 0.3 is 11.9 Å². The minimum Gasteiger partial charge on any atom is -0.457 e. The molecule has 0 aliphatic rings. The summed E-state index contributed by atoms with van der Waals surface area (Å²) < 4.78 is 10.3. The molecule has 0 spiro atoms. The van der Waals surface area contributed by atoms with Gasteiger partial charge in [0.05, 0.1) is 0 Å². The van der Waals surface area contributed by atoms with Crippen LogP contribution in [0.15, 0.2) is 24.3 Å². The van der Waals surface area contributed by atoms with E-state index in [2.05, 4.69) is 0 Å². The SMILES string of the molecule is CC(C)(C)OC(=O)/C=C/CCC/C=C/C(=O)OC(C)(C)C. The van der Waals surface area contributed by atoms with E-state index in [4.69, 9.17) is 9.47 Å². The van der Waals surface area contributed by atoms with Gasteiger partial charge in [0.1, 0.15) is 11.2 Å². The van der Waals surface area contributed by atoms with E-state index in [9.17, 15) is 9.59 Å². The van der Waals surface area contributed by atoms with Gasteiger partial charge in [-0.2, -0.15) is 0 Å². The number of allylic oxidation sites excluding steroid dienone is 2. The molecule has 0 aromatic rings. The lowest BCUT2D eigenvalue weighted by Crippen LogP contribution is -2.22. The number of hydrogen-bond acceptors (Lipinski definition) is 4. The van der Waals surface area contributed by atoms with Gasteiger partial charge in [-0.05, 0) is 60.8 Å². The third-order valence-electron chi connectivity index (χ3n) is 2.06. The number of carbonyl (C=O) groups excluding carboxylic acids is 2. The zero-order chi connectivity index (χ0) is 16.5. The lowest BCUT2D eigenvalue weighted by Gasteiger charge is -2.17. The highest BCUT2D eigenvalue weighted by atomic mass is 16.6. The molecule has 0 unspecified atom stereocenters. The largest absolute Gasteiger partial charge is 0.457 e. The van der Waals surface area contributed by atoms with Gasteiger partial charge in [-0.3, -0.25) is 0 Å². The third kappa shape index (κ3) is 14.6. The van der Waals surface area contributed by atoms with Crippen LogP contribution in [0.3, 0.4) is 0 Å². The number of carbonyl (C=O) groups is 2. The minimum absolute atomic E-state index is 0.327. The topological polar surface area (TPSA) is 52.6 Å². The van der Waals surface area contributed by atoms with Crippen LogP contribution in [-0.4, -0.2) is 23.1 Å². The van der Waals surface area contributed by atoms with Crippen LogP contribution >= 0.6 is 0 Å². The quantitative estimate of drug-likeness (QED) is 0.423. The molecule has 0 saturated heterocycles. The van der Waals surface area contributed by atoms with Crippen LogP contribution in [0, 0.1) is 0 Å². The fourth-order valence-corrected chi connectivity index (χ4v) is 1.38. The van der Waals surface area contributed by atoms with E-state index in [0.29, 0.717) is 0 Å². The standard InChI is InChI=1S/C17H28O4/c1-16(2,3)20-14(18)12-10-8-7-9-11-13-15(19)21-17(4,5)6/h10-13H,7-9H2,1-6H3/b12-10+,13-11+. The molecule has 0 aromatic heterocycles. The van der Waals surface area contributed by atoms with Gasteiger partial charge in [0.2, 0.25) is 0 Å². The Hall–Kier alpha value is -1.58. The fourth-order valence-electron chi connectivity index (χ4n) is 1.38. The van der Waals surface area contributed by atoms with E-state index >= 15 is 0 Å². The molecule has 0 aliphatic carbocycles. The Morgan fingerprint density at radius 1 is 0.762 bits per heavy atom. The highest BCUT2D eigenvalue weighted by Gasteiger charge is 2.14. The van der Waals surface area contributed by atoms with Crippen LogP contribution in [0.5, 0.6) is 0 Å². The Kier molecular flexibility index (Phi) is 8.00. The van der Waals surface area contributed by atoms with E-state index in [1.54, 1.807) is 12.2 Å². The molecule has 0 aromatic carbocycles. The van der Waals surface area contributed by atoms with E-state index in [-0.39, 0.29) is 11.9 Å². The average molecular weight is 296 g/mol. The van der Waals surface area contributed by atoms with Crippen LogP contribution in [0.4, 0.5) is 0 Å². The van der Waals surface area contributed by atoms with Crippen LogP contribution in [0.2, 0.25) is 0 Å². The summed E-state index contributed by atoms with van der Waals surface area (Å²) in [5.41, 5.74) is -0.921. The van der Waals surface area contributed by atoms with E-state index in [1.165, 1.54) is 12.2 Å². The van der Waals surface area contributed by atoms with Crippen molar-refractivity contribution in [3.05, 3.63) is 24.3 Å². The molecule has 0 radical (unpaired) electrons. The molecular weight excluding hydrogens is 268 g/mol. The van der Waals surface area contributed by atoms with Crippen molar-refractivity contribution >= 4 is 11.9 Å². The van der Waals surface area contributed by atoms with Gasteiger partial charge < -0.3 is 9.47 Å². The van der Waals surface area contributed by atoms with Crippen LogP contribution in [-0.2, 0) is 19.1 Å². The first-order chi connectivity index (χ1) is 9.49. The molecule has 0 saturated carbocycles. The highest BCUT2D eigenvalue weighted by Crippen LogP contribution is 2.09. The predicted molar refractivity (Wildman–Crippen MR) is 83.8 cm³/mol. The average Bonchev–Trinajstić information content (AvgIpc) is 2.22. The number of rotatable bonds is 6. The van der Waals surface area contributed by atoms with Gasteiger partial charge in [0, 0.05) is 12.2 Å². The van der Waals surface area contributed by atoms with E-state index in [0.717, 1.165) is 19.3 Å². The Morgan fingerprint density at radius 2 is 1.10 bits per heavy atom. The van der Waals surface area contributed by atoms with Gasteiger partial charge in [0.15, 0.2) is 0 Å². The predicted octanol–water partition coefficient (Wildman–Crippen LogP) is 3.95. The molecule has 0 N–H and O–H groups in total. The number of unbranched alkanes of at least 4 members (excludes halogenated alkanes) is 2. The second-order valence-corrected chi connectivity index (χ2v) is 6.80. The highest BCUT2D eigenvalue weighted by molar-refractivity contribution is 5.82. The molecule has 0 heterocycles. The van der Waals surface area contributed by atoms with Crippen molar-refractivity contribution in [1.29, 1.82) is 0 Å². The number of hydrogen-bond donors (Lipinski definition) is 0. The molecule has 120 valence electrons. The molecule has 0 fully saturated rings. The maximum Gasteiger partial charge on any atom is 0.330 e. The van der Waals surface area contributed by atoms with Crippen molar-refractivity contribution in [3.8, 4) is 0 Å². The summed E-state index contributed by atoms with van der Waals surface area (Å²) in [5.74, 6) is -0.654. The number of esters is 2. The van der Waals surface area contributed by atoms with Crippen LogP contribution < -0.4 is 0 Å². The summed E-state index contributed by atoms with van der Waals surface area (Å²) in [7, 11) is 0.